The fraction of sp³-hybridized carbons (Fsp3) is 0.250. The molecule has 2 aromatic rings. The Balaban J connectivity index is 2.33. The van der Waals surface area contributed by atoms with Gasteiger partial charge >= 0.3 is 0 Å². The molecule has 0 spiro atoms. The molecule has 3 nitrogen and oxygen atoms in total. The van der Waals surface area contributed by atoms with Crippen LogP contribution < -0.4 is 10.5 Å². The van der Waals surface area contributed by atoms with Crippen LogP contribution >= 0.6 is 0 Å². The van der Waals surface area contributed by atoms with E-state index in [4.69, 9.17) is 10.5 Å². The molecule has 0 saturated carbocycles. The molecule has 0 fully saturated rings. The molecule has 0 aliphatic carbocycles. The summed E-state index contributed by atoms with van der Waals surface area (Å²) in [7, 11) is 1.60. The third-order valence-corrected chi connectivity index (χ3v) is 3.32. The molecule has 0 bridgehead atoms. The summed E-state index contributed by atoms with van der Waals surface area (Å²) in [5.74, 6) is 0.543. The van der Waals surface area contributed by atoms with Crippen molar-refractivity contribution in [1.82, 2.24) is 0 Å². The summed E-state index contributed by atoms with van der Waals surface area (Å²) >= 11 is 0. The van der Waals surface area contributed by atoms with Gasteiger partial charge in [0.2, 0.25) is 0 Å². The summed E-state index contributed by atoms with van der Waals surface area (Å²) in [5, 5.41) is 10.6. The van der Waals surface area contributed by atoms with Crippen molar-refractivity contribution in [1.29, 1.82) is 0 Å². The zero-order valence-corrected chi connectivity index (χ0v) is 11.0. The van der Waals surface area contributed by atoms with Gasteiger partial charge in [-0.15, -0.1) is 0 Å². The Morgan fingerprint density at radius 2 is 1.68 bits per heavy atom. The van der Waals surface area contributed by atoms with Gasteiger partial charge in [-0.25, -0.2) is 0 Å². The normalized spacial score (nSPS) is 13.8. The summed E-state index contributed by atoms with van der Waals surface area (Å²) < 4.78 is 5.30. The average molecular weight is 257 g/mol. The molecule has 3 N–H and O–H groups in total. The molecule has 2 unspecified atom stereocenters. The maximum Gasteiger partial charge on any atom is 0.124 e. The van der Waals surface area contributed by atoms with Crippen molar-refractivity contribution in [2.75, 3.05) is 13.7 Å². The van der Waals surface area contributed by atoms with Crippen LogP contribution in [-0.4, -0.2) is 18.8 Å². The number of aliphatic hydroxyl groups is 1. The molecular formula is C16H19NO2. The zero-order chi connectivity index (χ0) is 13.7. The van der Waals surface area contributed by atoms with Crippen molar-refractivity contribution in [3.8, 4) is 5.75 Å². The fourth-order valence-corrected chi connectivity index (χ4v) is 2.28. The third-order valence-electron chi connectivity index (χ3n) is 3.32. The monoisotopic (exact) mass is 257 g/mol. The lowest BCUT2D eigenvalue weighted by molar-refractivity contribution is 0.144. The topological polar surface area (TPSA) is 55.5 Å². The van der Waals surface area contributed by atoms with Crippen LogP contribution in [0.15, 0.2) is 54.6 Å². The van der Waals surface area contributed by atoms with Crippen LogP contribution in [0.3, 0.4) is 0 Å². The van der Waals surface area contributed by atoms with Gasteiger partial charge in [0.25, 0.3) is 0 Å². The van der Waals surface area contributed by atoms with Gasteiger partial charge in [0, 0.05) is 18.0 Å². The summed E-state index contributed by atoms with van der Waals surface area (Å²) in [6.07, 6.45) is -0.677. The number of nitrogens with two attached hydrogens (primary N) is 1. The van der Waals surface area contributed by atoms with Crippen molar-refractivity contribution in [2.24, 2.45) is 5.73 Å². The standard InChI is InChI=1S/C16H19NO2/c1-19-15-10-6-5-9-13(15)16(18)14(11-17)12-7-3-2-4-8-12/h2-10,14,16,18H,11,17H2,1H3. The fourth-order valence-electron chi connectivity index (χ4n) is 2.28. The largest absolute Gasteiger partial charge is 0.496 e. The molecule has 2 aromatic carbocycles. The van der Waals surface area contributed by atoms with Gasteiger partial charge in [-0.05, 0) is 11.6 Å². The molecule has 3 heteroatoms. The SMILES string of the molecule is COc1ccccc1C(O)C(CN)c1ccccc1. The van der Waals surface area contributed by atoms with Crippen LogP contribution in [-0.2, 0) is 0 Å². The molecular weight excluding hydrogens is 238 g/mol. The second kappa shape index (κ2) is 6.36. The highest BCUT2D eigenvalue weighted by Gasteiger charge is 2.23. The van der Waals surface area contributed by atoms with E-state index in [2.05, 4.69) is 0 Å². The Morgan fingerprint density at radius 3 is 2.32 bits per heavy atom. The van der Waals surface area contributed by atoms with Gasteiger partial charge in [-0.2, -0.15) is 0 Å². The van der Waals surface area contributed by atoms with Crippen LogP contribution in [0.1, 0.15) is 23.1 Å². The van der Waals surface area contributed by atoms with Crippen LogP contribution in [0.25, 0.3) is 0 Å². The summed E-state index contributed by atoms with van der Waals surface area (Å²) in [6.45, 7) is 0.378. The van der Waals surface area contributed by atoms with Crippen LogP contribution in [0.5, 0.6) is 5.75 Å². The van der Waals surface area contributed by atoms with E-state index >= 15 is 0 Å². The minimum Gasteiger partial charge on any atom is -0.496 e. The third kappa shape index (κ3) is 2.95. The van der Waals surface area contributed by atoms with Gasteiger partial charge in [0.15, 0.2) is 0 Å². The van der Waals surface area contributed by atoms with Crippen molar-refractivity contribution in [3.05, 3.63) is 65.7 Å². The Morgan fingerprint density at radius 1 is 1.05 bits per heavy atom. The molecule has 0 aliphatic rings. The first-order valence-electron chi connectivity index (χ1n) is 6.34. The van der Waals surface area contributed by atoms with Gasteiger partial charge in [-0.3, -0.25) is 0 Å². The number of methoxy groups -OCH3 is 1. The van der Waals surface area contributed by atoms with E-state index < -0.39 is 6.10 Å². The highest BCUT2D eigenvalue weighted by atomic mass is 16.5. The number of benzene rings is 2. The van der Waals surface area contributed by atoms with Crippen molar-refractivity contribution < 1.29 is 9.84 Å². The van der Waals surface area contributed by atoms with E-state index in [1.807, 2.05) is 54.6 Å². The molecule has 0 aromatic heterocycles. The first-order valence-corrected chi connectivity index (χ1v) is 6.34. The van der Waals surface area contributed by atoms with Crippen molar-refractivity contribution in [2.45, 2.75) is 12.0 Å². The quantitative estimate of drug-likeness (QED) is 0.865. The van der Waals surface area contributed by atoms with E-state index in [9.17, 15) is 5.11 Å². The number of para-hydroxylation sites is 1. The lowest BCUT2D eigenvalue weighted by Crippen LogP contribution is -2.20. The molecule has 0 aliphatic heterocycles. The molecule has 0 heterocycles. The van der Waals surface area contributed by atoms with Gasteiger partial charge in [-0.1, -0.05) is 48.5 Å². The van der Waals surface area contributed by atoms with Crippen molar-refractivity contribution in [3.63, 3.8) is 0 Å². The first kappa shape index (κ1) is 13.6. The molecule has 0 radical (unpaired) electrons. The van der Waals surface area contributed by atoms with E-state index in [0.29, 0.717) is 12.3 Å². The molecule has 0 saturated heterocycles. The van der Waals surface area contributed by atoms with E-state index in [0.717, 1.165) is 11.1 Å². The maximum atomic E-state index is 10.6. The minimum absolute atomic E-state index is 0.141. The molecule has 2 atom stereocenters. The van der Waals surface area contributed by atoms with Crippen LogP contribution in [0, 0.1) is 0 Å². The minimum atomic E-state index is -0.677. The van der Waals surface area contributed by atoms with Gasteiger partial charge < -0.3 is 15.6 Å². The second-order valence-corrected chi connectivity index (χ2v) is 4.44. The van der Waals surface area contributed by atoms with Gasteiger partial charge in [0.05, 0.1) is 13.2 Å². The zero-order valence-electron chi connectivity index (χ0n) is 11.0. The Bertz CT molecular complexity index is 513. The number of aliphatic hydroxyl groups excluding tert-OH is 1. The predicted molar refractivity (Wildman–Crippen MR) is 76.2 cm³/mol. The molecule has 100 valence electrons. The van der Waals surface area contributed by atoms with Crippen LogP contribution in [0.2, 0.25) is 0 Å². The summed E-state index contributed by atoms with van der Waals surface area (Å²) in [4.78, 5) is 0. The molecule has 19 heavy (non-hydrogen) atoms. The Hall–Kier alpha value is -1.84. The highest BCUT2D eigenvalue weighted by Crippen LogP contribution is 2.34. The smallest absolute Gasteiger partial charge is 0.124 e. The Kier molecular flexibility index (Phi) is 4.55. The second-order valence-electron chi connectivity index (χ2n) is 4.44. The lowest BCUT2D eigenvalue weighted by Gasteiger charge is -2.23. The molecule has 2 rings (SSSR count). The number of ether oxygens (including phenoxy) is 1. The summed E-state index contributed by atoms with van der Waals surface area (Å²) in [5.41, 5.74) is 7.63. The average Bonchev–Trinajstić information content (AvgIpc) is 2.49. The van der Waals surface area contributed by atoms with E-state index in [1.165, 1.54) is 0 Å². The maximum absolute atomic E-state index is 10.6. The predicted octanol–water partition coefficient (Wildman–Crippen LogP) is 2.47. The highest BCUT2D eigenvalue weighted by molar-refractivity contribution is 5.37. The molecule has 0 amide bonds. The number of rotatable bonds is 5. The van der Waals surface area contributed by atoms with E-state index in [1.54, 1.807) is 7.11 Å². The van der Waals surface area contributed by atoms with Crippen molar-refractivity contribution >= 4 is 0 Å². The lowest BCUT2D eigenvalue weighted by atomic mass is 9.89. The van der Waals surface area contributed by atoms with Gasteiger partial charge in [0.1, 0.15) is 5.75 Å². The first-order chi connectivity index (χ1) is 9.27. The van der Waals surface area contributed by atoms with Crippen LogP contribution in [0.4, 0.5) is 0 Å². The Labute approximate surface area is 113 Å². The summed E-state index contributed by atoms with van der Waals surface area (Å²) in [6, 6.07) is 17.3. The number of hydrogen-bond donors (Lipinski definition) is 2. The van der Waals surface area contributed by atoms with E-state index in [-0.39, 0.29) is 5.92 Å². The number of hydrogen-bond acceptors (Lipinski definition) is 3.